The van der Waals surface area contributed by atoms with Crippen molar-refractivity contribution in [2.45, 2.75) is 26.4 Å². The normalized spacial score (nSPS) is 12.5. The minimum absolute atomic E-state index is 0.303. The summed E-state index contributed by atoms with van der Waals surface area (Å²) >= 11 is -2.30. The van der Waals surface area contributed by atoms with Crippen molar-refractivity contribution in [3.63, 3.8) is 0 Å². The predicted octanol–water partition coefficient (Wildman–Crippen LogP) is 3.31. The molecule has 122 valence electrons. The fourth-order valence-corrected chi connectivity index (χ4v) is 2.48. The zero-order valence-electron chi connectivity index (χ0n) is 13.1. The zero-order valence-corrected chi connectivity index (χ0v) is 13.9. The quantitative estimate of drug-likeness (QED) is 0.685. The van der Waals surface area contributed by atoms with Gasteiger partial charge >= 0.3 is 5.97 Å². The van der Waals surface area contributed by atoms with Crippen molar-refractivity contribution < 1.29 is 18.3 Å². The van der Waals surface area contributed by atoms with Crippen LogP contribution in [0.5, 0.6) is 0 Å². The molecule has 2 rings (SSSR count). The number of pyridine rings is 1. The van der Waals surface area contributed by atoms with E-state index in [1.807, 2.05) is 0 Å². The maximum atomic E-state index is 12.2. The van der Waals surface area contributed by atoms with Gasteiger partial charge in [-0.05, 0) is 51.1 Å². The highest BCUT2D eigenvalue weighted by atomic mass is 32.2. The number of hydrogen-bond acceptors (Lipinski definition) is 4. The Kier molecular flexibility index (Phi) is 5.12. The molecule has 0 spiro atoms. The second kappa shape index (κ2) is 6.89. The van der Waals surface area contributed by atoms with Crippen LogP contribution in [0.1, 0.15) is 31.1 Å². The van der Waals surface area contributed by atoms with Crippen LogP contribution >= 0.6 is 0 Å². The summed E-state index contributed by atoms with van der Waals surface area (Å²) in [6.07, 6.45) is 3.04. The molecule has 0 bridgehead atoms. The Balaban J connectivity index is 2.37. The van der Waals surface area contributed by atoms with Gasteiger partial charge in [0, 0.05) is 6.20 Å². The Labute approximate surface area is 137 Å². The van der Waals surface area contributed by atoms with E-state index in [4.69, 9.17) is 4.74 Å². The number of carbonyl (C=O) groups excluding carboxylic acids is 1. The molecule has 23 heavy (non-hydrogen) atoms. The third-order valence-corrected chi connectivity index (χ3v) is 3.49. The highest BCUT2D eigenvalue weighted by molar-refractivity contribution is 7.81. The first-order valence-corrected chi connectivity index (χ1v) is 7.99. The van der Waals surface area contributed by atoms with Gasteiger partial charge in [-0.25, -0.2) is 13.3 Å². The molecular formula is C16H18N2O4S. The monoisotopic (exact) mass is 334 g/mol. The average molecular weight is 334 g/mol. The predicted molar refractivity (Wildman–Crippen MR) is 88.8 cm³/mol. The Hall–Kier alpha value is -2.25. The molecule has 0 saturated carbocycles. The molecule has 1 aromatic heterocycles. The third kappa shape index (κ3) is 4.61. The molecule has 2 aromatic rings. The van der Waals surface area contributed by atoms with E-state index in [0.717, 1.165) is 0 Å². The number of esters is 1. The number of anilines is 2. The molecule has 6 nitrogen and oxygen atoms in total. The topological polar surface area (TPSA) is 79.7 Å². The number of carbonyl (C=O) groups is 1. The van der Waals surface area contributed by atoms with Crippen LogP contribution < -0.4 is 4.31 Å². The Morgan fingerprint density at radius 3 is 2.48 bits per heavy atom. The summed E-state index contributed by atoms with van der Waals surface area (Å²) in [4.78, 5) is 16.1. The summed E-state index contributed by atoms with van der Waals surface area (Å²) in [6, 6.07) is 9.68. The van der Waals surface area contributed by atoms with Crippen LogP contribution in [0.15, 0.2) is 48.8 Å². The summed E-state index contributed by atoms with van der Waals surface area (Å²) in [6.45, 7) is 5.33. The lowest BCUT2D eigenvalue weighted by molar-refractivity contribution is 0.00695. The van der Waals surface area contributed by atoms with E-state index < -0.39 is 22.8 Å². The lowest BCUT2D eigenvalue weighted by Gasteiger charge is -2.22. The van der Waals surface area contributed by atoms with Crippen LogP contribution in [0.2, 0.25) is 0 Å². The minimum atomic E-state index is -2.30. The van der Waals surface area contributed by atoms with E-state index in [0.29, 0.717) is 16.9 Å². The van der Waals surface area contributed by atoms with Crippen molar-refractivity contribution in [1.29, 1.82) is 0 Å². The highest BCUT2D eigenvalue weighted by Gasteiger charge is 2.20. The van der Waals surface area contributed by atoms with Crippen LogP contribution in [0.25, 0.3) is 0 Å². The molecule has 0 fully saturated rings. The number of rotatable bonds is 4. The molecule has 1 aromatic carbocycles. The fourth-order valence-electron chi connectivity index (χ4n) is 1.90. The van der Waals surface area contributed by atoms with E-state index in [1.54, 1.807) is 57.3 Å². The molecule has 0 aliphatic heterocycles. The molecular weight excluding hydrogens is 316 g/mol. The molecule has 1 N–H and O–H groups in total. The number of nitrogens with zero attached hydrogens (tertiary/aromatic N) is 2. The molecule has 0 aliphatic carbocycles. The summed E-state index contributed by atoms with van der Waals surface area (Å²) in [5, 5.41) is 0. The van der Waals surface area contributed by atoms with Gasteiger partial charge < -0.3 is 4.74 Å². The number of hydrogen-bond donors (Lipinski definition) is 1. The summed E-state index contributed by atoms with van der Waals surface area (Å²) in [5.41, 5.74) is 0.518. The summed E-state index contributed by atoms with van der Waals surface area (Å²) < 4.78 is 27.8. The van der Waals surface area contributed by atoms with Gasteiger partial charge in [-0.2, -0.15) is 0 Å². The van der Waals surface area contributed by atoms with Gasteiger partial charge in [-0.1, -0.05) is 6.07 Å². The Bertz CT molecular complexity index is 714. The van der Waals surface area contributed by atoms with E-state index in [-0.39, 0.29) is 0 Å². The lowest BCUT2D eigenvalue weighted by Crippen LogP contribution is -2.24. The Morgan fingerprint density at radius 1 is 1.22 bits per heavy atom. The van der Waals surface area contributed by atoms with Gasteiger partial charge in [0.25, 0.3) is 11.3 Å². The van der Waals surface area contributed by atoms with Crippen molar-refractivity contribution in [3.8, 4) is 0 Å². The van der Waals surface area contributed by atoms with Crippen LogP contribution in [-0.2, 0) is 16.0 Å². The van der Waals surface area contributed by atoms with Gasteiger partial charge in [0.05, 0.1) is 23.1 Å². The van der Waals surface area contributed by atoms with Crippen LogP contribution in [0, 0.1) is 0 Å². The van der Waals surface area contributed by atoms with Gasteiger partial charge in [0.15, 0.2) is 0 Å². The number of benzene rings is 1. The summed E-state index contributed by atoms with van der Waals surface area (Å²) in [7, 11) is 0. The van der Waals surface area contributed by atoms with Crippen molar-refractivity contribution in [2.75, 3.05) is 4.31 Å². The maximum absolute atomic E-state index is 12.2. The van der Waals surface area contributed by atoms with Crippen LogP contribution in [-0.4, -0.2) is 25.3 Å². The molecule has 0 amide bonds. The van der Waals surface area contributed by atoms with Crippen LogP contribution in [0.3, 0.4) is 0 Å². The molecule has 7 heteroatoms. The van der Waals surface area contributed by atoms with E-state index >= 15 is 0 Å². The van der Waals surface area contributed by atoms with Gasteiger partial charge in [-0.15, -0.1) is 0 Å². The van der Waals surface area contributed by atoms with E-state index in [1.165, 1.54) is 16.6 Å². The first kappa shape index (κ1) is 17.1. The standard InChI is InChI=1S/C16H18N2O4S/c1-16(2,3)22-15(19)12-6-4-7-13(10-12)18(23(20)21)14-8-5-9-17-11-14/h4-11H,1-3H3,(H,20,21). The van der Waals surface area contributed by atoms with Crippen molar-refractivity contribution in [3.05, 3.63) is 54.4 Å². The van der Waals surface area contributed by atoms with Crippen molar-refractivity contribution in [1.82, 2.24) is 4.98 Å². The molecule has 0 saturated heterocycles. The van der Waals surface area contributed by atoms with Crippen molar-refractivity contribution >= 4 is 28.6 Å². The number of aromatic nitrogens is 1. The molecule has 1 unspecified atom stereocenters. The average Bonchev–Trinajstić information content (AvgIpc) is 2.47. The summed E-state index contributed by atoms with van der Waals surface area (Å²) in [5.74, 6) is -0.491. The van der Waals surface area contributed by atoms with E-state index in [2.05, 4.69) is 4.98 Å². The molecule has 0 aliphatic rings. The third-order valence-electron chi connectivity index (χ3n) is 2.75. The number of ether oxygens (including phenoxy) is 1. The highest BCUT2D eigenvalue weighted by Crippen LogP contribution is 2.27. The zero-order chi connectivity index (χ0) is 17.0. The maximum Gasteiger partial charge on any atom is 0.338 e. The first-order chi connectivity index (χ1) is 10.8. The second-order valence-corrected chi connectivity index (χ2v) is 6.62. The van der Waals surface area contributed by atoms with E-state index in [9.17, 15) is 13.6 Å². The van der Waals surface area contributed by atoms with Crippen molar-refractivity contribution in [2.24, 2.45) is 0 Å². The van der Waals surface area contributed by atoms with Gasteiger partial charge in [-0.3, -0.25) is 9.54 Å². The molecule has 1 atom stereocenters. The molecule has 0 radical (unpaired) electrons. The SMILES string of the molecule is CC(C)(C)OC(=O)c1cccc(N(c2cccnc2)S(=O)O)c1. The molecule has 1 heterocycles. The smallest absolute Gasteiger partial charge is 0.338 e. The largest absolute Gasteiger partial charge is 0.456 e. The lowest BCUT2D eigenvalue weighted by atomic mass is 10.1. The Morgan fingerprint density at radius 2 is 1.91 bits per heavy atom. The van der Waals surface area contributed by atoms with Crippen LogP contribution in [0.4, 0.5) is 11.4 Å². The first-order valence-electron chi connectivity index (χ1n) is 6.92. The minimum Gasteiger partial charge on any atom is -0.456 e. The second-order valence-electron chi connectivity index (χ2n) is 5.79. The van der Waals surface area contributed by atoms with Gasteiger partial charge in [0.1, 0.15) is 5.60 Å². The fraction of sp³-hybridized carbons (Fsp3) is 0.250. The van der Waals surface area contributed by atoms with Gasteiger partial charge in [0.2, 0.25) is 0 Å².